The monoisotopic (exact) mass is 274 g/mol. The van der Waals surface area contributed by atoms with Gasteiger partial charge in [0.1, 0.15) is 0 Å². The van der Waals surface area contributed by atoms with Gasteiger partial charge in [0.2, 0.25) is 0 Å². The van der Waals surface area contributed by atoms with Crippen LogP contribution in [0.4, 0.5) is 0 Å². The molecular weight excluding hydrogens is 244 g/mol. The Labute approximate surface area is 124 Å². The minimum absolute atomic E-state index is 0.561. The van der Waals surface area contributed by atoms with E-state index in [2.05, 4.69) is 55.3 Å². The van der Waals surface area contributed by atoms with Crippen LogP contribution in [-0.2, 0) is 6.42 Å². The summed E-state index contributed by atoms with van der Waals surface area (Å²) in [5.41, 5.74) is 2.96. The summed E-state index contributed by atoms with van der Waals surface area (Å²) >= 11 is 0. The molecule has 1 aliphatic rings. The predicted octanol–water partition coefficient (Wildman–Crippen LogP) is 3.63. The Morgan fingerprint density at radius 3 is 2.50 bits per heavy atom. The lowest BCUT2D eigenvalue weighted by Crippen LogP contribution is -2.35. The molecule has 1 aromatic carbocycles. The molecule has 0 aliphatic carbocycles. The summed E-state index contributed by atoms with van der Waals surface area (Å²) in [6.45, 7) is 11.6. The van der Waals surface area contributed by atoms with Gasteiger partial charge >= 0.3 is 0 Å². The number of hydrogen-bond donors (Lipinski definition) is 1. The van der Waals surface area contributed by atoms with Crippen LogP contribution in [0.15, 0.2) is 24.3 Å². The maximum absolute atomic E-state index is 3.51. The van der Waals surface area contributed by atoms with Crippen molar-refractivity contribution in [3.63, 3.8) is 0 Å². The van der Waals surface area contributed by atoms with Crippen LogP contribution in [0, 0.1) is 5.92 Å². The molecule has 1 aromatic rings. The highest BCUT2D eigenvalue weighted by Gasteiger charge is 2.24. The number of benzene rings is 1. The third-order valence-corrected chi connectivity index (χ3v) is 4.26. The summed E-state index contributed by atoms with van der Waals surface area (Å²) in [5, 5.41) is 3.51. The zero-order valence-electron chi connectivity index (χ0n) is 13.4. The molecule has 2 heteroatoms. The van der Waals surface area contributed by atoms with Gasteiger partial charge < -0.3 is 5.32 Å². The van der Waals surface area contributed by atoms with Crippen molar-refractivity contribution in [1.82, 2.24) is 10.2 Å². The van der Waals surface area contributed by atoms with E-state index in [0.29, 0.717) is 12.0 Å². The lowest BCUT2D eigenvalue weighted by Gasteiger charge is -2.34. The molecule has 2 nitrogen and oxygen atoms in total. The summed E-state index contributed by atoms with van der Waals surface area (Å²) in [6.07, 6.45) is 3.68. The standard InChI is InChI=1S/C18H30N2/c1-4-6-16-7-9-17(10-8-16)18(15(2)3)20-13-5-11-19-12-14-20/h7-10,15,18-19H,4-6,11-14H2,1-3H3. The van der Waals surface area contributed by atoms with Gasteiger partial charge in [0.15, 0.2) is 0 Å². The molecule has 0 bridgehead atoms. The zero-order chi connectivity index (χ0) is 14.4. The van der Waals surface area contributed by atoms with Crippen molar-refractivity contribution in [1.29, 1.82) is 0 Å². The molecule has 1 heterocycles. The highest BCUT2D eigenvalue weighted by atomic mass is 15.2. The van der Waals surface area contributed by atoms with Crippen LogP contribution >= 0.6 is 0 Å². The SMILES string of the molecule is CCCc1ccc(C(C(C)C)N2CCCNCC2)cc1. The Balaban J connectivity index is 2.14. The highest BCUT2D eigenvalue weighted by Crippen LogP contribution is 2.29. The third kappa shape index (κ3) is 4.07. The van der Waals surface area contributed by atoms with Gasteiger partial charge in [0.05, 0.1) is 0 Å². The summed E-state index contributed by atoms with van der Waals surface area (Å²) in [5.74, 6) is 0.658. The normalized spacial score (nSPS) is 19.0. The molecule has 0 radical (unpaired) electrons. The van der Waals surface area contributed by atoms with E-state index in [9.17, 15) is 0 Å². The van der Waals surface area contributed by atoms with Gasteiger partial charge in [-0.25, -0.2) is 0 Å². The first-order valence-corrected chi connectivity index (χ1v) is 8.26. The average Bonchev–Trinajstić information content (AvgIpc) is 2.70. The smallest absolute Gasteiger partial charge is 0.0371 e. The molecule has 2 rings (SSSR count). The number of nitrogens with zero attached hydrogens (tertiary/aromatic N) is 1. The van der Waals surface area contributed by atoms with Gasteiger partial charge in [-0.1, -0.05) is 51.5 Å². The van der Waals surface area contributed by atoms with Crippen LogP contribution in [0.3, 0.4) is 0 Å². The maximum Gasteiger partial charge on any atom is 0.0371 e. The van der Waals surface area contributed by atoms with E-state index >= 15 is 0 Å². The molecule has 1 fully saturated rings. The molecule has 1 atom stereocenters. The second-order valence-electron chi connectivity index (χ2n) is 6.32. The summed E-state index contributed by atoms with van der Waals surface area (Å²) in [6, 6.07) is 9.92. The third-order valence-electron chi connectivity index (χ3n) is 4.26. The lowest BCUT2D eigenvalue weighted by atomic mass is 9.93. The van der Waals surface area contributed by atoms with Crippen molar-refractivity contribution in [3.8, 4) is 0 Å². The Kier molecular flexibility index (Phi) is 6.06. The fourth-order valence-electron chi connectivity index (χ4n) is 3.33. The van der Waals surface area contributed by atoms with Gasteiger partial charge in [-0.05, 0) is 36.4 Å². The fraction of sp³-hybridized carbons (Fsp3) is 0.667. The van der Waals surface area contributed by atoms with E-state index in [0.717, 1.165) is 13.1 Å². The first kappa shape index (κ1) is 15.5. The van der Waals surface area contributed by atoms with E-state index in [1.165, 1.54) is 43.5 Å². The second kappa shape index (κ2) is 7.80. The first-order valence-electron chi connectivity index (χ1n) is 8.26. The minimum Gasteiger partial charge on any atom is -0.315 e. The Morgan fingerprint density at radius 1 is 1.10 bits per heavy atom. The molecule has 1 aliphatic heterocycles. The molecule has 0 amide bonds. The Morgan fingerprint density at radius 2 is 1.85 bits per heavy atom. The molecule has 1 unspecified atom stereocenters. The number of nitrogens with one attached hydrogen (secondary N) is 1. The Hall–Kier alpha value is -0.860. The number of rotatable bonds is 5. The van der Waals surface area contributed by atoms with Crippen LogP contribution in [0.2, 0.25) is 0 Å². The summed E-state index contributed by atoms with van der Waals surface area (Å²) in [4.78, 5) is 2.67. The molecule has 112 valence electrons. The molecule has 1 saturated heterocycles. The lowest BCUT2D eigenvalue weighted by molar-refractivity contribution is 0.166. The summed E-state index contributed by atoms with van der Waals surface area (Å²) < 4.78 is 0. The first-order chi connectivity index (χ1) is 9.72. The molecular formula is C18H30N2. The molecule has 0 spiro atoms. The van der Waals surface area contributed by atoms with E-state index < -0.39 is 0 Å². The highest BCUT2D eigenvalue weighted by molar-refractivity contribution is 5.25. The van der Waals surface area contributed by atoms with Crippen molar-refractivity contribution < 1.29 is 0 Å². The van der Waals surface area contributed by atoms with Gasteiger partial charge in [-0.2, -0.15) is 0 Å². The van der Waals surface area contributed by atoms with E-state index in [1.54, 1.807) is 0 Å². The van der Waals surface area contributed by atoms with Crippen molar-refractivity contribution in [2.75, 3.05) is 26.2 Å². The molecule has 0 saturated carbocycles. The topological polar surface area (TPSA) is 15.3 Å². The van der Waals surface area contributed by atoms with Gasteiger partial charge in [0.25, 0.3) is 0 Å². The predicted molar refractivity (Wildman–Crippen MR) is 87.1 cm³/mol. The molecule has 1 N–H and O–H groups in total. The van der Waals surface area contributed by atoms with Gasteiger partial charge in [-0.3, -0.25) is 4.90 Å². The van der Waals surface area contributed by atoms with Crippen LogP contribution < -0.4 is 5.32 Å². The van der Waals surface area contributed by atoms with E-state index in [1.807, 2.05) is 0 Å². The van der Waals surface area contributed by atoms with Crippen molar-refractivity contribution in [2.24, 2.45) is 5.92 Å². The number of hydrogen-bond acceptors (Lipinski definition) is 2. The summed E-state index contributed by atoms with van der Waals surface area (Å²) in [7, 11) is 0. The van der Waals surface area contributed by atoms with Crippen LogP contribution in [0.1, 0.15) is 50.8 Å². The van der Waals surface area contributed by atoms with Crippen LogP contribution in [-0.4, -0.2) is 31.1 Å². The van der Waals surface area contributed by atoms with Crippen LogP contribution in [0.25, 0.3) is 0 Å². The van der Waals surface area contributed by atoms with Crippen molar-refractivity contribution in [2.45, 2.75) is 46.1 Å². The van der Waals surface area contributed by atoms with Crippen LogP contribution in [0.5, 0.6) is 0 Å². The fourth-order valence-corrected chi connectivity index (χ4v) is 3.33. The van der Waals surface area contributed by atoms with Crippen molar-refractivity contribution in [3.05, 3.63) is 35.4 Å². The minimum atomic E-state index is 0.561. The second-order valence-corrected chi connectivity index (χ2v) is 6.32. The quantitative estimate of drug-likeness (QED) is 0.882. The average molecular weight is 274 g/mol. The molecule has 0 aromatic heterocycles. The van der Waals surface area contributed by atoms with E-state index in [-0.39, 0.29) is 0 Å². The van der Waals surface area contributed by atoms with Crippen molar-refractivity contribution >= 4 is 0 Å². The van der Waals surface area contributed by atoms with Gasteiger partial charge in [-0.15, -0.1) is 0 Å². The molecule has 20 heavy (non-hydrogen) atoms. The van der Waals surface area contributed by atoms with E-state index in [4.69, 9.17) is 0 Å². The Bertz CT molecular complexity index is 375. The van der Waals surface area contributed by atoms with Gasteiger partial charge in [0, 0.05) is 25.7 Å². The number of aryl methyl sites for hydroxylation is 1. The largest absolute Gasteiger partial charge is 0.315 e. The maximum atomic E-state index is 3.51. The zero-order valence-corrected chi connectivity index (χ0v) is 13.4.